The second-order valence-corrected chi connectivity index (χ2v) is 3.80. The van der Waals surface area contributed by atoms with Crippen molar-refractivity contribution in [3.8, 4) is 0 Å². The van der Waals surface area contributed by atoms with Crippen molar-refractivity contribution in [2.75, 3.05) is 19.0 Å². The highest BCUT2D eigenvalue weighted by Gasteiger charge is 2.15. The van der Waals surface area contributed by atoms with Crippen LogP contribution in [0.2, 0.25) is 0 Å². The molecule has 0 saturated carbocycles. The van der Waals surface area contributed by atoms with E-state index in [1.54, 1.807) is 0 Å². The lowest BCUT2D eigenvalue weighted by atomic mass is 10.1. The Kier molecular flexibility index (Phi) is 4.24. The molecule has 1 saturated heterocycles. The third-order valence-electron chi connectivity index (χ3n) is 2.56. The van der Waals surface area contributed by atoms with Crippen LogP contribution in [0.1, 0.15) is 32.6 Å². The summed E-state index contributed by atoms with van der Waals surface area (Å²) in [6.45, 7) is 4.65. The standard InChI is InChI=1S/C9H18ClN/c1-9-5-3-2-4-7-11(9)8-6-10/h9H,2-8H2,1H3/t9-/m1/s1. The van der Waals surface area contributed by atoms with E-state index in [0.717, 1.165) is 18.5 Å². The highest BCUT2D eigenvalue weighted by Crippen LogP contribution is 2.15. The number of hydrogen-bond donors (Lipinski definition) is 0. The van der Waals surface area contributed by atoms with Crippen molar-refractivity contribution in [3.05, 3.63) is 0 Å². The summed E-state index contributed by atoms with van der Waals surface area (Å²) >= 11 is 5.71. The molecule has 0 N–H and O–H groups in total. The molecule has 0 spiro atoms. The number of rotatable bonds is 2. The van der Waals surface area contributed by atoms with Gasteiger partial charge in [0, 0.05) is 18.5 Å². The van der Waals surface area contributed by atoms with Gasteiger partial charge in [0.1, 0.15) is 0 Å². The van der Waals surface area contributed by atoms with Crippen LogP contribution in [0.4, 0.5) is 0 Å². The molecule has 1 atom stereocenters. The van der Waals surface area contributed by atoms with Crippen molar-refractivity contribution >= 4 is 11.6 Å². The van der Waals surface area contributed by atoms with E-state index in [-0.39, 0.29) is 0 Å². The maximum Gasteiger partial charge on any atom is 0.0351 e. The minimum absolute atomic E-state index is 0.760. The first-order valence-electron chi connectivity index (χ1n) is 4.64. The molecule has 66 valence electrons. The average Bonchev–Trinajstić information content (AvgIpc) is 2.18. The van der Waals surface area contributed by atoms with E-state index in [4.69, 9.17) is 11.6 Å². The fraction of sp³-hybridized carbons (Fsp3) is 1.00. The number of nitrogens with zero attached hydrogens (tertiary/aromatic N) is 1. The molecule has 1 aliphatic heterocycles. The van der Waals surface area contributed by atoms with Gasteiger partial charge in [-0.2, -0.15) is 0 Å². The van der Waals surface area contributed by atoms with Crippen molar-refractivity contribution in [1.29, 1.82) is 0 Å². The van der Waals surface area contributed by atoms with E-state index in [0.29, 0.717) is 0 Å². The minimum Gasteiger partial charge on any atom is -0.299 e. The molecule has 0 unspecified atom stereocenters. The van der Waals surface area contributed by atoms with E-state index in [1.807, 2.05) is 0 Å². The fourth-order valence-corrected chi connectivity index (χ4v) is 1.99. The summed E-state index contributed by atoms with van der Waals surface area (Å²) in [5, 5.41) is 0. The van der Waals surface area contributed by atoms with Crippen molar-refractivity contribution in [1.82, 2.24) is 4.90 Å². The van der Waals surface area contributed by atoms with Crippen LogP contribution >= 0.6 is 11.6 Å². The van der Waals surface area contributed by atoms with Crippen LogP contribution in [-0.4, -0.2) is 29.9 Å². The van der Waals surface area contributed by atoms with Gasteiger partial charge in [0.15, 0.2) is 0 Å². The predicted molar refractivity (Wildman–Crippen MR) is 50.2 cm³/mol. The Hall–Kier alpha value is 0.250. The van der Waals surface area contributed by atoms with Crippen LogP contribution in [-0.2, 0) is 0 Å². The van der Waals surface area contributed by atoms with Crippen molar-refractivity contribution < 1.29 is 0 Å². The Bertz CT molecular complexity index is 106. The molecule has 0 radical (unpaired) electrons. The molecular weight excluding hydrogens is 158 g/mol. The van der Waals surface area contributed by atoms with Crippen LogP contribution in [0, 0.1) is 0 Å². The molecular formula is C9H18ClN. The Morgan fingerprint density at radius 1 is 1.36 bits per heavy atom. The van der Waals surface area contributed by atoms with Crippen molar-refractivity contribution in [3.63, 3.8) is 0 Å². The summed E-state index contributed by atoms with van der Waals surface area (Å²) in [5.41, 5.74) is 0. The van der Waals surface area contributed by atoms with Crippen LogP contribution in [0.5, 0.6) is 0 Å². The van der Waals surface area contributed by atoms with Crippen LogP contribution in [0.15, 0.2) is 0 Å². The minimum atomic E-state index is 0.760. The first-order valence-corrected chi connectivity index (χ1v) is 5.18. The van der Waals surface area contributed by atoms with Gasteiger partial charge in [0.05, 0.1) is 0 Å². The largest absolute Gasteiger partial charge is 0.299 e. The Morgan fingerprint density at radius 2 is 2.18 bits per heavy atom. The van der Waals surface area contributed by atoms with Gasteiger partial charge in [0.2, 0.25) is 0 Å². The molecule has 1 rings (SSSR count). The predicted octanol–water partition coefficient (Wildman–Crippen LogP) is 2.49. The summed E-state index contributed by atoms with van der Waals surface area (Å²) in [6.07, 6.45) is 5.53. The fourth-order valence-electron chi connectivity index (χ4n) is 1.78. The van der Waals surface area contributed by atoms with Gasteiger partial charge in [-0.1, -0.05) is 12.8 Å². The van der Waals surface area contributed by atoms with E-state index >= 15 is 0 Å². The molecule has 0 bridgehead atoms. The summed E-state index contributed by atoms with van der Waals surface area (Å²) in [6, 6.07) is 0.760. The molecule has 0 aromatic carbocycles. The summed E-state index contributed by atoms with van der Waals surface area (Å²) in [5.74, 6) is 0.782. The van der Waals surface area contributed by atoms with Gasteiger partial charge in [-0.15, -0.1) is 11.6 Å². The number of hydrogen-bond acceptors (Lipinski definition) is 1. The summed E-state index contributed by atoms with van der Waals surface area (Å²) in [4.78, 5) is 2.51. The highest BCUT2D eigenvalue weighted by molar-refractivity contribution is 6.18. The van der Waals surface area contributed by atoms with Crippen LogP contribution in [0.25, 0.3) is 0 Å². The van der Waals surface area contributed by atoms with Crippen LogP contribution in [0.3, 0.4) is 0 Å². The maximum atomic E-state index is 5.71. The smallest absolute Gasteiger partial charge is 0.0351 e. The second kappa shape index (κ2) is 5.00. The summed E-state index contributed by atoms with van der Waals surface area (Å²) in [7, 11) is 0. The zero-order chi connectivity index (χ0) is 8.10. The lowest BCUT2D eigenvalue weighted by Crippen LogP contribution is -2.34. The van der Waals surface area contributed by atoms with Gasteiger partial charge < -0.3 is 0 Å². The van der Waals surface area contributed by atoms with Gasteiger partial charge in [-0.25, -0.2) is 0 Å². The topological polar surface area (TPSA) is 3.24 Å². The monoisotopic (exact) mass is 175 g/mol. The lowest BCUT2D eigenvalue weighted by Gasteiger charge is -2.25. The van der Waals surface area contributed by atoms with Gasteiger partial charge >= 0.3 is 0 Å². The molecule has 2 heteroatoms. The molecule has 11 heavy (non-hydrogen) atoms. The van der Waals surface area contributed by atoms with E-state index in [1.165, 1.54) is 32.2 Å². The Balaban J connectivity index is 2.32. The zero-order valence-electron chi connectivity index (χ0n) is 7.35. The van der Waals surface area contributed by atoms with Crippen LogP contribution < -0.4 is 0 Å². The van der Waals surface area contributed by atoms with E-state index in [2.05, 4.69) is 11.8 Å². The third kappa shape index (κ3) is 3.00. The summed E-state index contributed by atoms with van der Waals surface area (Å²) < 4.78 is 0. The molecule has 1 heterocycles. The van der Waals surface area contributed by atoms with Gasteiger partial charge in [-0.05, 0) is 26.3 Å². The van der Waals surface area contributed by atoms with E-state index < -0.39 is 0 Å². The van der Waals surface area contributed by atoms with Gasteiger partial charge in [0.25, 0.3) is 0 Å². The molecule has 0 aromatic heterocycles. The number of alkyl halides is 1. The molecule has 0 aromatic rings. The first-order chi connectivity index (χ1) is 5.34. The number of halogens is 1. The molecule has 0 amide bonds. The van der Waals surface area contributed by atoms with Crippen molar-refractivity contribution in [2.45, 2.75) is 38.6 Å². The lowest BCUT2D eigenvalue weighted by molar-refractivity contribution is 0.226. The van der Waals surface area contributed by atoms with Crippen molar-refractivity contribution in [2.24, 2.45) is 0 Å². The maximum absolute atomic E-state index is 5.71. The quantitative estimate of drug-likeness (QED) is 0.583. The first kappa shape index (κ1) is 9.34. The molecule has 1 aliphatic rings. The average molecular weight is 176 g/mol. The number of likely N-dealkylation sites (tertiary alicyclic amines) is 1. The second-order valence-electron chi connectivity index (χ2n) is 3.42. The molecule has 0 aliphatic carbocycles. The Labute approximate surface area is 74.7 Å². The molecule has 1 fully saturated rings. The van der Waals surface area contributed by atoms with E-state index in [9.17, 15) is 0 Å². The zero-order valence-corrected chi connectivity index (χ0v) is 8.11. The highest BCUT2D eigenvalue weighted by atomic mass is 35.5. The normalized spacial score (nSPS) is 28.4. The molecule has 1 nitrogen and oxygen atoms in total. The Morgan fingerprint density at radius 3 is 2.91 bits per heavy atom. The third-order valence-corrected chi connectivity index (χ3v) is 2.73. The SMILES string of the molecule is C[C@@H]1CCCCCN1CCCl. The van der Waals surface area contributed by atoms with Gasteiger partial charge in [-0.3, -0.25) is 4.90 Å².